The molecule has 3 heterocycles. The molecule has 0 fully saturated rings. The molecule has 1 N–H and O–H groups in total. The van der Waals surface area contributed by atoms with Gasteiger partial charge in [0.2, 0.25) is 5.95 Å². The summed E-state index contributed by atoms with van der Waals surface area (Å²) in [5.41, 5.74) is 3.18. The van der Waals surface area contributed by atoms with E-state index in [0.717, 1.165) is 11.1 Å². The van der Waals surface area contributed by atoms with Crippen LogP contribution in [0.2, 0.25) is 0 Å². The van der Waals surface area contributed by atoms with E-state index in [1.807, 2.05) is 31.2 Å². The predicted molar refractivity (Wildman–Crippen MR) is 104 cm³/mol. The van der Waals surface area contributed by atoms with Gasteiger partial charge in [-0.05, 0) is 25.5 Å². The lowest BCUT2D eigenvalue weighted by atomic mass is 9.94. The number of nitrogens with one attached hydrogen (secondary N) is 1. The Balaban J connectivity index is 2.17. The molecule has 3 aromatic heterocycles. The van der Waals surface area contributed by atoms with Crippen molar-refractivity contribution in [1.82, 2.24) is 24.7 Å². The largest absolute Gasteiger partial charge is 0.465 e. The number of esters is 1. The van der Waals surface area contributed by atoms with Crippen LogP contribution in [0.15, 0.2) is 47.7 Å². The van der Waals surface area contributed by atoms with Gasteiger partial charge in [0.15, 0.2) is 0 Å². The average Bonchev–Trinajstić information content (AvgIpc) is 3.22. The van der Waals surface area contributed by atoms with Crippen LogP contribution < -0.4 is 5.56 Å². The van der Waals surface area contributed by atoms with Gasteiger partial charge in [0.1, 0.15) is 6.33 Å². The number of hydrogen-bond acceptors (Lipinski definition) is 6. The van der Waals surface area contributed by atoms with Crippen LogP contribution in [0.1, 0.15) is 21.6 Å². The minimum absolute atomic E-state index is 0.270. The van der Waals surface area contributed by atoms with Crippen molar-refractivity contribution in [2.75, 3.05) is 7.11 Å². The minimum atomic E-state index is -0.544. The highest BCUT2D eigenvalue weighted by Gasteiger charge is 2.23. The highest BCUT2D eigenvalue weighted by Crippen LogP contribution is 2.32. The Morgan fingerprint density at radius 2 is 1.89 bits per heavy atom. The van der Waals surface area contributed by atoms with Gasteiger partial charge in [-0.3, -0.25) is 14.3 Å². The first-order valence-corrected chi connectivity index (χ1v) is 8.58. The fourth-order valence-electron chi connectivity index (χ4n) is 3.24. The number of hydrogen-bond donors (Lipinski definition) is 1. The predicted octanol–water partition coefficient (Wildman–Crippen LogP) is 2.57. The van der Waals surface area contributed by atoms with Gasteiger partial charge >= 0.3 is 5.97 Å². The van der Waals surface area contributed by atoms with E-state index >= 15 is 0 Å². The number of fused-ring (bicyclic) bond motifs is 1. The van der Waals surface area contributed by atoms with Crippen molar-refractivity contribution in [2.24, 2.45) is 0 Å². The first kappa shape index (κ1) is 17.6. The zero-order valence-electron chi connectivity index (χ0n) is 15.6. The van der Waals surface area contributed by atoms with Crippen molar-refractivity contribution in [2.45, 2.75) is 13.8 Å². The number of rotatable bonds is 3. The van der Waals surface area contributed by atoms with Gasteiger partial charge in [0.25, 0.3) is 5.56 Å². The summed E-state index contributed by atoms with van der Waals surface area (Å²) in [4.78, 5) is 34.4. The molecule has 8 heteroatoms. The molecule has 0 bridgehead atoms. The van der Waals surface area contributed by atoms with Gasteiger partial charge in [0.05, 0.1) is 29.3 Å². The third-order valence-electron chi connectivity index (χ3n) is 4.58. The quantitative estimate of drug-likeness (QED) is 0.552. The second-order valence-electron chi connectivity index (χ2n) is 6.37. The molecule has 0 radical (unpaired) electrons. The standard InChI is InChI=1S/C20H17N5O3/c1-11-4-6-13(7-5-11)16-15(19(27)28-3)12(2)23-14-8-9-25(18(26)17(14)16)20-21-10-22-24-20/h4-10H,1-3H3,(H,21,22,24). The molecular formula is C20H17N5O3. The number of ether oxygens (including phenoxy) is 1. The van der Waals surface area contributed by atoms with Crippen LogP contribution in [0, 0.1) is 13.8 Å². The van der Waals surface area contributed by atoms with Crippen LogP contribution in [-0.2, 0) is 4.74 Å². The summed E-state index contributed by atoms with van der Waals surface area (Å²) in [6.45, 7) is 3.70. The summed E-state index contributed by atoms with van der Waals surface area (Å²) in [6, 6.07) is 9.32. The fourth-order valence-corrected chi connectivity index (χ4v) is 3.24. The number of benzene rings is 1. The van der Waals surface area contributed by atoms with Gasteiger partial charge in [-0.1, -0.05) is 29.8 Å². The Bertz CT molecular complexity index is 1240. The van der Waals surface area contributed by atoms with Crippen LogP contribution in [0.4, 0.5) is 0 Å². The van der Waals surface area contributed by atoms with Crippen LogP contribution in [-0.4, -0.2) is 37.8 Å². The molecule has 0 aliphatic carbocycles. The molecule has 0 spiro atoms. The zero-order valence-corrected chi connectivity index (χ0v) is 15.6. The highest BCUT2D eigenvalue weighted by atomic mass is 16.5. The Hall–Kier alpha value is -3.81. The van der Waals surface area contributed by atoms with E-state index in [0.29, 0.717) is 22.2 Å². The van der Waals surface area contributed by atoms with Crippen molar-refractivity contribution in [3.8, 4) is 17.1 Å². The van der Waals surface area contributed by atoms with E-state index in [2.05, 4.69) is 20.2 Å². The van der Waals surface area contributed by atoms with Crippen LogP contribution in [0.25, 0.3) is 28.0 Å². The third-order valence-corrected chi connectivity index (χ3v) is 4.58. The Labute approximate surface area is 159 Å². The summed E-state index contributed by atoms with van der Waals surface area (Å²) >= 11 is 0. The van der Waals surface area contributed by atoms with E-state index in [9.17, 15) is 9.59 Å². The SMILES string of the molecule is COC(=O)c1c(C)nc2ccn(-c3ncn[nH]3)c(=O)c2c1-c1ccc(C)cc1. The summed E-state index contributed by atoms with van der Waals surface area (Å²) in [7, 11) is 1.31. The van der Waals surface area contributed by atoms with E-state index in [1.165, 1.54) is 18.0 Å². The van der Waals surface area contributed by atoms with Gasteiger partial charge in [-0.25, -0.2) is 9.89 Å². The summed E-state index contributed by atoms with van der Waals surface area (Å²) in [6.07, 6.45) is 2.90. The first-order valence-electron chi connectivity index (χ1n) is 8.58. The lowest BCUT2D eigenvalue weighted by Crippen LogP contribution is -2.21. The molecule has 4 aromatic rings. The van der Waals surface area contributed by atoms with Gasteiger partial charge in [-0.2, -0.15) is 10.1 Å². The zero-order chi connectivity index (χ0) is 19.8. The Kier molecular flexibility index (Phi) is 4.23. The molecule has 0 saturated heterocycles. The number of carbonyl (C=O) groups excluding carboxylic acids is 1. The molecule has 0 unspecified atom stereocenters. The van der Waals surface area contributed by atoms with E-state index in [-0.39, 0.29) is 17.1 Å². The summed E-state index contributed by atoms with van der Waals surface area (Å²) in [5.74, 6) is -0.265. The Morgan fingerprint density at radius 1 is 1.14 bits per heavy atom. The molecule has 28 heavy (non-hydrogen) atoms. The first-order chi connectivity index (χ1) is 13.5. The maximum Gasteiger partial charge on any atom is 0.340 e. The lowest BCUT2D eigenvalue weighted by Gasteiger charge is -2.15. The molecular weight excluding hydrogens is 358 g/mol. The minimum Gasteiger partial charge on any atom is -0.465 e. The number of pyridine rings is 2. The molecule has 8 nitrogen and oxygen atoms in total. The molecule has 0 aliphatic rings. The molecule has 140 valence electrons. The van der Waals surface area contributed by atoms with Crippen molar-refractivity contribution in [1.29, 1.82) is 0 Å². The van der Waals surface area contributed by atoms with Gasteiger partial charge in [-0.15, -0.1) is 0 Å². The van der Waals surface area contributed by atoms with Crippen LogP contribution >= 0.6 is 0 Å². The molecule has 4 rings (SSSR count). The average molecular weight is 375 g/mol. The van der Waals surface area contributed by atoms with E-state index in [1.54, 1.807) is 19.2 Å². The van der Waals surface area contributed by atoms with Crippen molar-refractivity contribution in [3.63, 3.8) is 0 Å². The lowest BCUT2D eigenvalue weighted by molar-refractivity contribution is 0.0600. The van der Waals surface area contributed by atoms with Gasteiger partial charge in [0, 0.05) is 11.8 Å². The molecule has 0 saturated carbocycles. The molecule has 0 atom stereocenters. The van der Waals surface area contributed by atoms with Crippen LogP contribution in [0.3, 0.4) is 0 Å². The smallest absolute Gasteiger partial charge is 0.340 e. The summed E-state index contributed by atoms with van der Waals surface area (Å²) < 4.78 is 6.32. The number of methoxy groups -OCH3 is 1. The fraction of sp³-hybridized carbons (Fsp3) is 0.150. The van der Waals surface area contributed by atoms with Gasteiger partial charge < -0.3 is 4.74 Å². The highest BCUT2D eigenvalue weighted by molar-refractivity contribution is 6.07. The number of aryl methyl sites for hydroxylation is 2. The number of H-pyrrole nitrogens is 1. The van der Waals surface area contributed by atoms with E-state index < -0.39 is 5.97 Å². The van der Waals surface area contributed by atoms with E-state index in [4.69, 9.17) is 4.74 Å². The monoisotopic (exact) mass is 375 g/mol. The Morgan fingerprint density at radius 3 is 2.54 bits per heavy atom. The third kappa shape index (κ3) is 2.75. The summed E-state index contributed by atoms with van der Waals surface area (Å²) in [5, 5.41) is 6.79. The molecule has 1 aromatic carbocycles. The van der Waals surface area contributed by atoms with Crippen molar-refractivity contribution in [3.05, 3.63) is 70.0 Å². The molecule has 0 amide bonds. The number of carbonyl (C=O) groups is 1. The van der Waals surface area contributed by atoms with Crippen molar-refractivity contribution < 1.29 is 9.53 Å². The number of nitrogens with zero attached hydrogens (tertiary/aromatic N) is 4. The second-order valence-corrected chi connectivity index (χ2v) is 6.37. The normalized spacial score (nSPS) is 11.0. The van der Waals surface area contributed by atoms with Crippen LogP contribution in [0.5, 0.6) is 0 Å². The molecule has 0 aliphatic heterocycles. The number of aromatic nitrogens is 5. The van der Waals surface area contributed by atoms with Crippen molar-refractivity contribution >= 4 is 16.9 Å². The maximum atomic E-state index is 13.3. The topological polar surface area (TPSA) is 103 Å². The maximum absolute atomic E-state index is 13.3. The number of aromatic amines is 1. The second kappa shape index (κ2) is 6.73.